The molecule has 0 saturated carbocycles. The molecule has 0 amide bonds. The van der Waals surface area contributed by atoms with Gasteiger partial charge in [-0.05, 0) is 31.0 Å². The van der Waals surface area contributed by atoms with Gasteiger partial charge >= 0.3 is 0 Å². The largest absolute Gasteiger partial charge is 0.494 e. The summed E-state index contributed by atoms with van der Waals surface area (Å²) >= 11 is 0. The number of Topliss-reactive ketones (excluding diaryl/α,β-unsaturated/α-hetero) is 1. The van der Waals surface area contributed by atoms with E-state index in [0.717, 1.165) is 6.07 Å². The van der Waals surface area contributed by atoms with Crippen LogP contribution in [0.2, 0.25) is 0 Å². The van der Waals surface area contributed by atoms with Gasteiger partial charge in [-0.15, -0.1) is 0 Å². The molecule has 0 spiro atoms. The lowest BCUT2D eigenvalue weighted by Gasteiger charge is -2.21. The van der Waals surface area contributed by atoms with Crippen LogP contribution in [0.5, 0.6) is 5.75 Å². The summed E-state index contributed by atoms with van der Waals surface area (Å²) in [5.74, 6) is -0.880. The number of ether oxygens (including phenoxy) is 2. The van der Waals surface area contributed by atoms with Gasteiger partial charge in [-0.2, -0.15) is 0 Å². The van der Waals surface area contributed by atoms with Crippen LogP contribution in [-0.2, 0) is 15.5 Å². The van der Waals surface area contributed by atoms with E-state index in [2.05, 4.69) is 0 Å². The molecule has 1 unspecified atom stereocenters. The summed E-state index contributed by atoms with van der Waals surface area (Å²) in [4.78, 5) is 12.0. The Bertz CT molecular complexity index is 512. The summed E-state index contributed by atoms with van der Waals surface area (Å²) in [6.07, 6.45) is 1.41. The predicted octanol–water partition coefficient (Wildman–Crippen LogP) is 1.94. The molecular formula is C14H17FO4S. The highest BCUT2D eigenvalue weighted by molar-refractivity contribution is 7.86. The molecule has 0 N–H and O–H groups in total. The average molecular weight is 300 g/mol. The molecule has 110 valence electrons. The standard InChI is InChI=1S/C14H17FO4S/c1-18-14-3-2-10(8-12(14)15)13(16)9-20(17)11-4-6-19-7-5-11/h2-3,8,11H,4-7,9H2,1H3. The lowest BCUT2D eigenvalue weighted by Crippen LogP contribution is -2.28. The number of carbonyl (C=O) groups is 1. The molecule has 1 aliphatic heterocycles. The number of ketones is 1. The van der Waals surface area contributed by atoms with Crippen LogP contribution >= 0.6 is 0 Å². The summed E-state index contributed by atoms with van der Waals surface area (Å²) in [7, 11) is 0.127. The maximum atomic E-state index is 13.5. The third-order valence-corrected chi connectivity index (χ3v) is 5.05. The smallest absolute Gasteiger partial charge is 0.175 e. The normalized spacial score (nSPS) is 17.7. The van der Waals surface area contributed by atoms with Crippen molar-refractivity contribution in [1.82, 2.24) is 0 Å². The molecule has 0 bridgehead atoms. The van der Waals surface area contributed by atoms with E-state index >= 15 is 0 Å². The van der Waals surface area contributed by atoms with E-state index in [1.165, 1.54) is 19.2 Å². The van der Waals surface area contributed by atoms with Crippen molar-refractivity contribution >= 4 is 16.6 Å². The Morgan fingerprint density at radius 1 is 1.45 bits per heavy atom. The molecule has 1 aromatic carbocycles. The molecule has 1 atom stereocenters. The highest BCUT2D eigenvalue weighted by Gasteiger charge is 2.23. The highest BCUT2D eigenvalue weighted by atomic mass is 32.2. The van der Waals surface area contributed by atoms with Crippen LogP contribution in [0.15, 0.2) is 18.2 Å². The Morgan fingerprint density at radius 2 is 2.15 bits per heavy atom. The Labute approximate surface area is 119 Å². The van der Waals surface area contributed by atoms with E-state index < -0.39 is 16.6 Å². The summed E-state index contributed by atoms with van der Waals surface area (Å²) in [6.45, 7) is 1.17. The molecule has 1 aliphatic rings. The van der Waals surface area contributed by atoms with E-state index in [9.17, 15) is 13.4 Å². The van der Waals surface area contributed by atoms with Gasteiger partial charge in [-0.1, -0.05) is 0 Å². The molecule has 0 radical (unpaired) electrons. The van der Waals surface area contributed by atoms with Gasteiger partial charge < -0.3 is 9.47 Å². The Hall–Kier alpha value is -1.27. The van der Waals surface area contributed by atoms with Crippen molar-refractivity contribution in [3.63, 3.8) is 0 Å². The number of methoxy groups -OCH3 is 1. The molecule has 1 aromatic rings. The Balaban J connectivity index is 2.00. The monoisotopic (exact) mass is 300 g/mol. The van der Waals surface area contributed by atoms with E-state index in [1.807, 2.05) is 0 Å². The lowest BCUT2D eigenvalue weighted by molar-refractivity contribution is 0.0980. The average Bonchev–Trinajstić information content (AvgIpc) is 2.48. The van der Waals surface area contributed by atoms with Crippen molar-refractivity contribution in [3.05, 3.63) is 29.6 Å². The molecule has 1 saturated heterocycles. The number of benzene rings is 1. The minimum Gasteiger partial charge on any atom is -0.494 e. The number of halogens is 1. The van der Waals surface area contributed by atoms with Gasteiger partial charge in [0.1, 0.15) is 0 Å². The zero-order valence-electron chi connectivity index (χ0n) is 11.3. The zero-order valence-corrected chi connectivity index (χ0v) is 12.1. The zero-order chi connectivity index (χ0) is 14.5. The Morgan fingerprint density at radius 3 is 2.75 bits per heavy atom. The summed E-state index contributed by atoms with van der Waals surface area (Å²) < 4.78 is 35.6. The fraction of sp³-hybridized carbons (Fsp3) is 0.500. The van der Waals surface area contributed by atoms with E-state index in [4.69, 9.17) is 9.47 Å². The molecule has 0 aromatic heterocycles. The van der Waals surface area contributed by atoms with Gasteiger partial charge in [0.05, 0.1) is 12.9 Å². The second-order valence-electron chi connectivity index (χ2n) is 4.61. The van der Waals surface area contributed by atoms with Crippen molar-refractivity contribution in [3.8, 4) is 5.75 Å². The number of carbonyl (C=O) groups excluding carboxylic acids is 1. The van der Waals surface area contributed by atoms with Crippen LogP contribution in [-0.4, -0.2) is 41.3 Å². The van der Waals surface area contributed by atoms with Gasteiger partial charge in [0, 0.05) is 34.8 Å². The first kappa shape index (κ1) is 15.1. The number of hydrogen-bond donors (Lipinski definition) is 0. The summed E-state index contributed by atoms with van der Waals surface area (Å²) in [5, 5.41) is -0.00389. The van der Waals surface area contributed by atoms with Crippen LogP contribution in [0.3, 0.4) is 0 Å². The minimum atomic E-state index is -1.23. The van der Waals surface area contributed by atoms with Gasteiger partial charge in [0.2, 0.25) is 0 Å². The SMILES string of the molecule is COc1ccc(C(=O)CS(=O)C2CCOCC2)cc1F. The Kier molecular flexibility index (Phi) is 5.25. The van der Waals surface area contributed by atoms with Crippen LogP contribution in [0.25, 0.3) is 0 Å². The first-order valence-electron chi connectivity index (χ1n) is 6.43. The second kappa shape index (κ2) is 6.95. The van der Waals surface area contributed by atoms with Crippen LogP contribution in [0, 0.1) is 5.82 Å². The van der Waals surface area contributed by atoms with Crippen LogP contribution in [0.4, 0.5) is 4.39 Å². The van der Waals surface area contributed by atoms with Gasteiger partial charge in [0.15, 0.2) is 17.3 Å². The first-order valence-corrected chi connectivity index (χ1v) is 7.81. The van der Waals surface area contributed by atoms with Crippen molar-refractivity contribution in [2.24, 2.45) is 0 Å². The molecule has 1 heterocycles. The fourth-order valence-electron chi connectivity index (χ4n) is 2.11. The van der Waals surface area contributed by atoms with E-state index in [1.54, 1.807) is 0 Å². The molecular weight excluding hydrogens is 283 g/mol. The van der Waals surface area contributed by atoms with Crippen molar-refractivity contribution in [2.75, 3.05) is 26.1 Å². The summed E-state index contributed by atoms with van der Waals surface area (Å²) in [5.41, 5.74) is 0.226. The van der Waals surface area contributed by atoms with E-state index in [-0.39, 0.29) is 28.1 Å². The topological polar surface area (TPSA) is 52.6 Å². The maximum absolute atomic E-state index is 13.5. The highest BCUT2D eigenvalue weighted by Crippen LogP contribution is 2.19. The fourth-order valence-corrected chi connectivity index (χ4v) is 3.49. The quantitative estimate of drug-likeness (QED) is 0.780. The minimum absolute atomic E-state index is 0.00389. The maximum Gasteiger partial charge on any atom is 0.175 e. The van der Waals surface area contributed by atoms with Crippen molar-refractivity contribution in [1.29, 1.82) is 0 Å². The lowest BCUT2D eigenvalue weighted by atomic mass is 10.1. The first-order chi connectivity index (χ1) is 9.61. The third kappa shape index (κ3) is 3.64. The van der Waals surface area contributed by atoms with Gasteiger partial charge in [-0.3, -0.25) is 9.00 Å². The number of hydrogen-bond acceptors (Lipinski definition) is 4. The molecule has 0 aliphatic carbocycles. The van der Waals surface area contributed by atoms with Crippen LogP contribution in [0.1, 0.15) is 23.2 Å². The predicted molar refractivity (Wildman–Crippen MR) is 74.1 cm³/mol. The van der Waals surface area contributed by atoms with Gasteiger partial charge in [0.25, 0.3) is 0 Å². The van der Waals surface area contributed by atoms with Gasteiger partial charge in [-0.25, -0.2) is 4.39 Å². The molecule has 6 heteroatoms. The third-order valence-electron chi connectivity index (χ3n) is 3.29. The van der Waals surface area contributed by atoms with E-state index in [0.29, 0.717) is 26.1 Å². The molecule has 2 rings (SSSR count). The summed E-state index contributed by atoms with van der Waals surface area (Å²) in [6, 6.07) is 4.02. The molecule has 20 heavy (non-hydrogen) atoms. The second-order valence-corrected chi connectivity index (χ2v) is 6.33. The van der Waals surface area contributed by atoms with Crippen LogP contribution < -0.4 is 4.74 Å². The molecule has 1 fully saturated rings. The molecule has 4 nitrogen and oxygen atoms in total. The number of rotatable bonds is 5. The van der Waals surface area contributed by atoms with Crippen molar-refractivity contribution in [2.45, 2.75) is 18.1 Å². The van der Waals surface area contributed by atoms with Crippen molar-refractivity contribution < 1.29 is 22.9 Å².